The summed E-state index contributed by atoms with van der Waals surface area (Å²) in [5.74, 6) is 0.0624. The van der Waals surface area contributed by atoms with Crippen molar-refractivity contribution in [3.63, 3.8) is 0 Å². The van der Waals surface area contributed by atoms with Gasteiger partial charge >= 0.3 is 0 Å². The Morgan fingerprint density at radius 1 is 1.19 bits per heavy atom. The number of aromatic nitrogens is 3. The molecule has 0 radical (unpaired) electrons. The van der Waals surface area contributed by atoms with Gasteiger partial charge in [0.1, 0.15) is 0 Å². The minimum absolute atomic E-state index is 0.0624. The third kappa shape index (κ3) is 5.35. The molecular formula is C15H21N5O. The number of aryl methyl sites for hydroxylation is 1. The average Bonchev–Trinajstić information content (AvgIpc) is 2.96. The van der Waals surface area contributed by atoms with Gasteiger partial charge in [0.2, 0.25) is 5.91 Å². The summed E-state index contributed by atoms with van der Waals surface area (Å²) < 4.78 is 1.80. The molecule has 0 spiro atoms. The van der Waals surface area contributed by atoms with E-state index in [1.807, 2.05) is 36.5 Å². The van der Waals surface area contributed by atoms with Gasteiger partial charge in [0.25, 0.3) is 0 Å². The summed E-state index contributed by atoms with van der Waals surface area (Å²) in [5, 5.41) is 10.8. The van der Waals surface area contributed by atoms with Crippen molar-refractivity contribution in [1.29, 1.82) is 0 Å². The van der Waals surface area contributed by atoms with Crippen molar-refractivity contribution in [2.75, 3.05) is 5.32 Å². The lowest BCUT2D eigenvalue weighted by molar-refractivity contribution is -0.116. The van der Waals surface area contributed by atoms with Crippen LogP contribution in [0.15, 0.2) is 36.5 Å². The zero-order chi connectivity index (χ0) is 14.9. The zero-order valence-corrected chi connectivity index (χ0v) is 12.0. The second-order valence-corrected chi connectivity index (χ2v) is 4.90. The second kappa shape index (κ2) is 8.16. The normalized spacial score (nSPS) is 10.5. The molecule has 0 atom stereocenters. The molecule has 0 fully saturated rings. The quantitative estimate of drug-likeness (QED) is 0.726. The van der Waals surface area contributed by atoms with Gasteiger partial charge in [-0.05, 0) is 25.0 Å². The smallest absolute Gasteiger partial charge is 0.224 e. The maximum Gasteiger partial charge on any atom is 0.224 e. The minimum atomic E-state index is 0.0624. The highest BCUT2D eigenvalue weighted by Crippen LogP contribution is 2.08. The maximum absolute atomic E-state index is 11.7. The van der Waals surface area contributed by atoms with Crippen LogP contribution in [-0.2, 0) is 17.9 Å². The lowest BCUT2D eigenvalue weighted by atomic mass is 10.2. The zero-order valence-electron chi connectivity index (χ0n) is 12.0. The minimum Gasteiger partial charge on any atom is -0.326 e. The van der Waals surface area contributed by atoms with Gasteiger partial charge in [-0.3, -0.25) is 9.48 Å². The molecule has 6 heteroatoms. The number of hydrogen-bond acceptors (Lipinski definition) is 4. The molecule has 0 unspecified atom stereocenters. The largest absolute Gasteiger partial charge is 0.326 e. The van der Waals surface area contributed by atoms with Gasteiger partial charge in [-0.15, -0.1) is 5.10 Å². The van der Waals surface area contributed by atoms with E-state index in [2.05, 4.69) is 15.6 Å². The van der Waals surface area contributed by atoms with E-state index in [1.54, 1.807) is 4.68 Å². The van der Waals surface area contributed by atoms with Crippen LogP contribution in [0.4, 0.5) is 5.69 Å². The fraction of sp³-hybridized carbons (Fsp3) is 0.400. The Kier molecular flexibility index (Phi) is 5.90. The van der Waals surface area contributed by atoms with Crippen molar-refractivity contribution >= 4 is 11.6 Å². The first-order chi connectivity index (χ1) is 10.3. The van der Waals surface area contributed by atoms with Crippen molar-refractivity contribution in [3.05, 3.63) is 42.2 Å². The fourth-order valence-electron chi connectivity index (χ4n) is 2.02. The molecule has 0 saturated heterocycles. The van der Waals surface area contributed by atoms with E-state index in [-0.39, 0.29) is 5.91 Å². The number of hydrogen-bond donors (Lipinski definition) is 2. The Morgan fingerprint density at radius 3 is 2.71 bits per heavy atom. The van der Waals surface area contributed by atoms with Gasteiger partial charge in [0.15, 0.2) is 0 Å². The number of anilines is 1. The average molecular weight is 287 g/mol. The molecule has 21 heavy (non-hydrogen) atoms. The van der Waals surface area contributed by atoms with Crippen LogP contribution in [0, 0.1) is 0 Å². The van der Waals surface area contributed by atoms with Gasteiger partial charge in [0, 0.05) is 31.4 Å². The topological polar surface area (TPSA) is 85.8 Å². The number of nitrogens with one attached hydrogen (secondary N) is 1. The second-order valence-electron chi connectivity index (χ2n) is 4.90. The van der Waals surface area contributed by atoms with E-state index in [9.17, 15) is 4.79 Å². The molecule has 0 aliphatic heterocycles. The van der Waals surface area contributed by atoms with Crippen molar-refractivity contribution in [2.45, 2.75) is 38.8 Å². The van der Waals surface area contributed by atoms with Crippen molar-refractivity contribution in [2.24, 2.45) is 5.73 Å². The van der Waals surface area contributed by atoms with E-state index in [0.29, 0.717) is 13.0 Å². The Hall–Kier alpha value is -2.21. The molecule has 1 heterocycles. The molecule has 1 aromatic carbocycles. The third-order valence-electron chi connectivity index (χ3n) is 3.14. The Balaban J connectivity index is 1.58. The van der Waals surface area contributed by atoms with Gasteiger partial charge in [-0.1, -0.05) is 29.8 Å². The Bertz CT molecular complexity index is 552. The first-order valence-electron chi connectivity index (χ1n) is 7.22. The van der Waals surface area contributed by atoms with Crippen LogP contribution in [0.5, 0.6) is 0 Å². The summed E-state index contributed by atoms with van der Waals surface area (Å²) in [6.45, 7) is 1.23. The number of carbonyl (C=O) groups is 1. The van der Waals surface area contributed by atoms with Crippen LogP contribution in [0.1, 0.15) is 31.4 Å². The SMILES string of the molecule is NCc1cn(CCCCCC(=O)Nc2ccccc2)nn1. The summed E-state index contributed by atoms with van der Waals surface area (Å²) in [6.07, 6.45) is 5.24. The van der Waals surface area contributed by atoms with Crippen LogP contribution in [0.25, 0.3) is 0 Å². The van der Waals surface area contributed by atoms with Crippen LogP contribution < -0.4 is 11.1 Å². The highest BCUT2D eigenvalue weighted by atomic mass is 16.1. The van der Waals surface area contributed by atoms with Crippen molar-refractivity contribution in [3.8, 4) is 0 Å². The van der Waals surface area contributed by atoms with Gasteiger partial charge in [-0.2, -0.15) is 0 Å². The van der Waals surface area contributed by atoms with Crippen molar-refractivity contribution < 1.29 is 4.79 Å². The predicted octanol–water partition coefficient (Wildman–Crippen LogP) is 1.94. The molecule has 1 amide bonds. The molecule has 1 aromatic heterocycles. The summed E-state index contributed by atoms with van der Waals surface area (Å²) in [4.78, 5) is 11.7. The Morgan fingerprint density at radius 2 is 2.00 bits per heavy atom. The predicted molar refractivity (Wildman–Crippen MR) is 81.5 cm³/mol. The van der Waals surface area contributed by atoms with Crippen LogP contribution in [0.3, 0.4) is 0 Å². The molecule has 2 aromatic rings. The van der Waals surface area contributed by atoms with Gasteiger partial charge in [0.05, 0.1) is 5.69 Å². The molecule has 112 valence electrons. The molecule has 0 aliphatic rings. The lowest BCUT2D eigenvalue weighted by Crippen LogP contribution is -2.11. The molecule has 2 rings (SSSR count). The molecule has 3 N–H and O–H groups in total. The first-order valence-corrected chi connectivity index (χ1v) is 7.22. The van der Waals surface area contributed by atoms with Crippen LogP contribution in [0.2, 0.25) is 0 Å². The van der Waals surface area contributed by atoms with E-state index in [0.717, 1.165) is 37.2 Å². The van der Waals surface area contributed by atoms with Gasteiger partial charge in [-0.25, -0.2) is 0 Å². The highest BCUT2D eigenvalue weighted by Gasteiger charge is 2.02. The van der Waals surface area contributed by atoms with E-state index in [1.165, 1.54) is 0 Å². The number of benzene rings is 1. The Labute approximate surface area is 124 Å². The lowest BCUT2D eigenvalue weighted by Gasteiger charge is -2.05. The number of nitrogens with two attached hydrogens (primary N) is 1. The summed E-state index contributed by atoms with van der Waals surface area (Å²) in [7, 11) is 0. The highest BCUT2D eigenvalue weighted by molar-refractivity contribution is 5.90. The van der Waals surface area contributed by atoms with Crippen molar-refractivity contribution in [1.82, 2.24) is 15.0 Å². The fourth-order valence-corrected chi connectivity index (χ4v) is 2.02. The summed E-state index contributed by atoms with van der Waals surface area (Å²) in [6, 6.07) is 9.51. The summed E-state index contributed by atoms with van der Waals surface area (Å²) in [5.41, 5.74) is 7.13. The molecule has 0 bridgehead atoms. The van der Waals surface area contributed by atoms with Crippen LogP contribution >= 0.6 is 0 Å². The number of unbranched alkanes of at least 4 members (excludes halogenated alkanes) is 2. The monoisotopic (exact) mass is 287 g/mol. The first kappa shape index (κ1) is 15.2. The number of para-hydroxylation sites is 1. The number of nitrogens with zero attached hydrogens (tertiary/aromatic N) is 3. The van der Waals surface area contributed by atoms with E-state index in [4.69, 9.17) is 5.73 Å². The van der Waals surface area contributed by atoms with E-state index >= 15 is 0 Å². The third-order valence-corrected chi connectivity index (χ3v) is 3.14. The molecule has 0 saturated carbocycles. The van der Waals surface area contributed by atoms with Crippen LogP contribution in [-0.4, -0.2) is 20.9 Å². The molecule has 6 nitrogen and oxygen atoms in total. The maximum atomic E-state index is 11.7. The summed E-state index contributed by atoms with van der Waals surface area (Å²) >= 11 is 0. The van der Waals surface area contributed by atoms with E-state index < -0.39 is 0 Å². The number of rotatable bonds is 8. The van der Waals surface area contributed by atoms with Gasteiger partial charge < -0.3 is 11.1 Å². The number of amides is 1. The molecular weight excluding hydrogens is 266 g/mol. The number of carbonyl (C=O) groups excluding carboxylic acids is 1. The standard InChI is InChI=1S/C15H21N5O/c16-11-14-12-20(19-18-14)10-6-2-5-9-15(21)17-13-7-3-1-4-8-13/h1,3-4,7-8,12H,2,5-6,9-11,16H2,(H,17,21). The molecule has 0 aliphatic carbocycles.